The van der Waals surface area contributed by atoms with E-state index >= 15 is 0 Å². The highest BCUT2D eigenvalue weighted by molar-refractivity contribution is 5.14. The molecule has 1 aliphatic carbocycles. The van der Waals surface area contributed by atoms with E-state index in [0.29, 0.717) is 17.2 Å². The molecule has 0 aromatic carbocycles. The van der Waals surface area contributed by atoms with Crippen molar-refractivity contribution in [3.05, 3.63) is 11.7 Å². The lowest BCUT2D eigenvalue weighted by atomic mass is 10.1. The Kier molecular flexibility index (Phi) is 2.10. The van der Waals surface area contributed by atoms with Gasteiger partial charge in [0, 0.05) is 5.92 Å². The van der Waals surface area contributed by atoms with E-state index in [-0.39, 0.29) is 6.04 Å². The summed E-state index contributed by atoms with van der Waals surface area (Å²) in [7, 11) is 1.88. The Bertz CT molecular complexity index is 332. The van der Waals surface area contributed by atoms with Crippen LogP contribution in [0, 0.1) is 5.41 Å². The van der Waals surface area contributed by atoms with Crippen LogP contribution in [0.5, 0.6) is 0 Å². The molecule has 4 nitrogen and oxygen atoms in total. The highest BCUT2D eigenvalue weighted by Gasteiger charge is 2.49. The summed E-state index contributed by atoms with van der Waals surface area (Å²) in [4.78, 5) is 4.40. The molecule has 2 atom stereocenters. The molecule has 0 amide bonds. The maximum atomic E-state index is 5.19. The van der Waals surface area contributed by atoms with Gasteiger partial charge in [0.05, 0.1) is 6.04 Å². The van der Waals surface area contributed by atoms with Crippen molar-refractivity contribution < 1.29 is 4.52 Å². The average molecular weight is 195 g/mol. The molecule has 2 rings (SSSR count). The molecule has 1 aromatic rings. The van der Waals surface area contributed by atoms with Gasteiger partial charge >= 0.3 is 0 Å². The van der Waals surface area contributed by atoms with E-state index in [2.05, 4.69) is 29.3 Å². The Balaban J connectivity index is 2.11. The minimum absolute atomic E-state index is 0.137. The fourth-order valence-electron chi connectivity index (χ4n) is 1.60. The largest absolute Gasteiger partial charge is 0.338 e. The summed E-state index contributed by atoms with van der Waals surface area (Å²) >= 11 is 0. The lowest BCUT2D eigenvalue weighted by molar-refractivity contribution is 0.342. The summed E-state index contributed by atoms with van der Waals surface area (Å²) < 4.78 is 5.19. The number of rotatable bonds is 3. The summed E-state index contributed by atoms with van der Waals surface area (Å²) in [6.45, 7) is 6.47. The van der Waals surface area contributed by atoms with Crippen LogP contribution in [0.1, 0.15) is 50.9 Å². The van der Waals surface area contributed by atoms with Crippen molar-refractivity contribution in [2.45, 2.75) is 39.2 Å². The Labute approximate surface area is 84.1 Å². The molecule has 0 bridgehead atoms. The fourth-order valence-corrected chi connectivity index (χ4v) is 1.60. The first kappa shape index (κ1) is 9.65. The Morgan fingerprint density at radius 2 is 2.21 bits per heavy atom. The van der Waals surface area contributed by atoms with Crippen molar-refractivity contribution >= 4 is 0 Å². The van der Waals surface area contributed by atoms with Gasteiger partial charge in [-0.3, -0.25) is 0 Å². The molecule has 0 saturated heterocycles. The third kappa shape index (κ3) is 1.54. The van der Waals surface area contributed by atoms with Gasteiger partial charge in [0.2, 0.25) is 5.89 Å². The second kappa shape index (κ2) is 3.05. The number of aromatic nitrogens is 2. The van der Waals surface area contributed by atoms with E-state index < -0.39 is 0 Å². The van der Waals surface area contributed by atoms with Gasteiger partial charge in [-0.2, -0.15) is 4.98 Å². The zero-order valence-corrected chi connectivity index (χ0v) is 9.16. The van der Waals surface area contributed by atoms with Crippen molar-refractivity contribution in [3.8, 4) is 0 Å². The van der Waals surface area contributed by atoms with Crippen LogP contribution in [0.25, 0.3) is 0 Å². The van der Waals surface area contributed by atoms with E-state index in [4.69, 9.17) is 4.52 Å². The molecule has 0 radical (unpaired) electrons. The van der Waals surface area contributed by atoms with Crippen molar-refractivity contribution in [1.82, 2.24) is 15.5 Å². The smallest absolute Gasteiger partial charge is 0.243 e. The highest BCUT2D eigenvalue weighted by Crippen LogP contribution is 2.57. The van der Waals surface area contributed by atoms with Crippen molar-refractivity contribution in [2.24, 2.45) is 5.41 Å². The lowest BCUT2D eigenvalue weighted by Crippen LogP contribution is -2.12. The molecule has 4 heteroatoms. The molecule has 1 heterocycles. The minimum atomic E-state index is 0.137. The van der Waals surface area contributed by atoms with Crippen LogP contribution in [-0.4, -0.2) is 17.2 Å². The van der Waals surface area contributed by atoms with Crippen LogP contribution in [0.15, 0.2) is 4.52 Å². The Morgan fingerprint density at radius 3 is 2.71 bits per heavy atom. The van der Waals surface area contributed by atoms with Gasteiger partial charge in [-0.15, -0.1) is 0 Å². The maximum absolute atomic E-state index is 5.19. The molecule has 0 spiro atoms. The molecule has 1 saturated carbocycles. The average Bonchev–Trinajstić information content (AvgIpc) is 2.64. The number of nitrogens with zero attached hydrogens (tertiary/aromatic N) is 2. The first-order valence-electron chi connectivity index (χ1n) is 5.05. The Morgan fingerprint density at radius 1 is 1.57 bits per heavy atom. The van der Waals surface area contributed by atoms with Crippen LogP contribution in [0.2, 0.25) is 0 Å². The number of hydrogen-bond acceptors (Lipinski definition) is 4. The quantitative estimate of drug-likeness (QED) is 0.799. The van der Waals surface area contributed by atoms with Crippen molar-refractivity contribution in [3.63, 3.8) is 0 Å². The van der Waals surface area contributed by atoms with E-state index in [1.807, 2.05) is 14.0 Å². The molecule has 1 aliphatic rings. The fraction of sp³-hybridized carbons (Fsp3) is 0.800. The van der Waals surface area contributed by atoms with E-state index in [1.165, 1.54) is 6.42 Å². The van der Waals surface area contributed by atoms with Gasteiger partial charge in [-0.05, 0) is 25.8 Å². The van der Waals surface area contributed by atoms with Crippen molar-refractivity contribution in [2.75, 3.05) is 7.05 Å². The lowest BCUT2D eigenvalue weighted by Gasteiger charge is -2.01. The van der Waals surface area contributed by atoms with Gasteiger partial charge in [-0.25, -0.2) is 0 Å². The number of hydrogen-bond donors (Lipinski definition) is 1. The minimum Gasteiger partial charge on any atom is -0.338 e. The number of nitrogens with one attached hydrogen (secondary N) is 1. The second-order valence-corrected chi connectivity index (χ2v) is 4.75. The van der Waals surface area contributed by atoms with E-state index in [0.717, 1.165) is 5.82 Å². The van der Waals surface area contributed by atoms with Crippen LogP contribution >= 0.6 is 0 Å². The summed E-state index contributed by atoms with van der Waals surface area (Å²) in [5, 5.41) is 7.10. The molecule has 78 valence electrons. The van der Waals surface area contributed by atoms with Gasteiger partial charge in [0.25, 0.3) is 0 Å². The normalized spacial score (nSPS) is 26.1. The molecule has 0 aliphatic heterocycles. The summed E-state index contributed by atoms with van der Waals surface area (Å²) in [5.41, 5.74) is 0.365. The first-order chi connectivity index (χ1) is 6.54. The first-order valence-corrected chi connectivity index (χ1v) is 5.05. The summed E-state index contributed by atoms with van der Waals surface area (Å²) in [6, 6.07) is 0.137. The second-order valence-electron chi connectivity index (χ2n) is 4.75. The predicted octanol–water partition coefficient (Wildman–Crippen LogP) is 1.86. The van der Waals surface area contributed by atoms with Crippen LogP contribution in [-0.2, 0) is 0 Å². The highest BCUT2D eigenvalue weighted by atomic mass is 16.5. The van der Waals surface area contributed by atoms with Crippen LogP contribution in [0.3, 0.4) is 0 Å². The van der Waals surface area contributed by atoms with Gasteiger partial charge in [0.15, 0.2) is 5.82 Å². The van der Waals surface area contributed by atoms with E-state index in [1.54, 1.807) is 0 Å². The SMILES string of the molecule is CNC(C)c1nc(C2CC2(C)C)no1. The zero-order valence-electron chi connectivity index (χ0n) is 9.16. The molecule has 1 fully saturated rings. The van der Waals surface area contributed by atoms with Gasteiger partial charge in [-0.1, -0.05) is 19.0 Å². The van der Waals surface area contributed by atoms with Crippen molar-refractivity contribution in [1.29, 1.82) is 0 Å². The monoisotopic (exact) mass is 195 g/mol. The topological polar surface area (TPSA) is 51.0 Å². The Hall–Kier alpha value is -0.900. The maximum Gasteiger partial charge on any atom is 0.243 e. The molecule has 1 aromatic heterocycles. The zero-order chi connectivity index (χ0) is 10.3. The molecular formula is C10H17N3O. The van der Waals surface area contributed by atoms with Gasteiger partial charge < -0.3 is 9.84 Å². The molecule has 2 unspecified atom stereocenters. The third-order valence-electron chi connectivity index (χ3n) is 3.09. The molecule has 1 N–H and O–H groups in total. The summed E-state index contributed by atoms with van der Waals surface area (Å²) in [6.07, 6.45) is 1.17. The third-order valence-corrected chi connectivity index (χ3v) is 3.09. The molecular weight excluding hydrogens is 178 g/mol. The van der Waals surface area contributed by atoms with Gasteiger partial charge in [0.1, 0.15) is 0 Å². The molecule has 14 heavy (non-hydrogen) atoms. The standard InChI is InChI=1S/C10H17N3O/c1-6(11-4)9-12-8(13-14-9)7-5-10(7,2)3/h6-7,11H,5H2,1-4H3. The van der Waals surface area contributed by atoms with Crippen LogP contribution in [0.4, 0.5) is 0 Å². The summed E-state index contributed by atoms with van der Waals surface area (Å²) in [5.74, 6) is 2.04. The van der Waals surface area contributed by atoms with Crippen LogP contribution < -0.4 is 5.32 Å². The van der Waals surface area contributed by atoms with E-state index in [9.17, 15) is 0 Å². The predicted molar refractivity (Wildman–Crippen MR) is 52.9 cm³/mol.